The van der Waals surface area contributed by atoms with E-state index in [2.05, 4.69) is 26.8 Å². The van der Waals surface area contributed by atoms with Crippen LogP contribution in [0.15, 0.2) is 11.6 Å². The number of rotatable bonds is 5. The highest BCUT2D eigenvalue weighted by Gasteiger charge is 2.34. The van der Waals surface area contributed by atoms with Gasteiger partial charge in [-0.25, -0.2) is 0 Å². The zero-order chi connectivity index (χ0) is 12.3. The van der Waals surface area contributed by atoms with Gasteiger partial charge in [0.2, 0.25) is 0 Å². The van der Waals surface area contributed by atoms with Gasteiger partial charge in [0.1, 0.15) is 0 Å². The second kappa shape index (κ2) is 5.33. The molecule has 1 rings (SSSR count). The third-order valence-electron chi connectivity index (χ3n) is 4.27. The van der Waals surface area contributed by atoms with E-state index in [9.17, 15) is 5.11 Å². The standard InChI is InChI=1S/C14H26O2/c1-10-6-7-13(14(10,4)5)8-9-16-12(3)11(2)15/h6,11-13,15H,7-9H2,1-5H3. The number of ether oxygens (including phenoxy) is 1. The van der Waals surface area contributed by atoms with E-state index in [0.717, 1.165) is 13.0 Å². The molecule has 1 N–H and O–H groups in total. The van der Waals surface area contributed by atoms with Crippen molar-refractivity contribution in [3.05, 3.63) is 11.6 Å². The molecule has 0 aromatic heterocycles. The van der Waals surface area contributed by atoms with Gasteiger partial charge in [0.25, 0.3) is 0 Å². The quantitative estimate of drug-likeness (QED) is 0.730. The van der Waals surface area contributed by atoms with Crippen LogP contribution >= 0.6 is 0 Å². The van der Waals surface area contributed by atoms with Gasteiger partial charge in [-0.2, -0.15) is 0 Å². The minimum atomic E-state index is -0.378. The van der Waals surface area contributed by atoms with E-state index in [1.807, 2.05) is 6.92 Å². The average molecular weight is 226 g/mol. The number of allylic oxidation sites excluding steroid dienone is 2. The van der Waals surface area contributed by atoms with Crippen molar-refractivity contribution in [2.45, 2.75) is 59.7 Å². The number of hydrogen-bond donors (Lipinski definition) is 1. The molecule has 0 aromatic rings. The summed E-state index contributed by atoms with van der Waals surface area (Å²) >= 11 is 0. The molecule has 0 spiro atoms. The fraction of sp³-hybridized carbons (Fsp3) is 0.857. The summed E-state index contributed by atoms with van der Waals surface area (Å²) in [5.41, 5.74) is 1.82. The largest absolute Gasteiger partial charge is 0.391 e. The summed E-state index contributed by atoms with van der Waals surface area (Å²) in [6, 6.07) is 0. The Morgan fingerprint density at radius 1 is 1.50 bits per heavy atom. The van der Waals surface area contributed by atoms with Crippen molar-refractivity contribution in [1.29, 1.82) is 0 Å². The molecular formula is C14H26O2. The van der Waals surface area contributed by atoms with Gasteiger partial charge in [-0.3, -0.25) is 0 Å². The summed E-state index contributed by atoms with van der Waals surface area (Å²) in [6.07, 6.45) is 4.17. The van der Waals surface area contributed by atoms with Gasteiger partial charge in [0, 0.05) is 6.61 Å². The molecule has 2 heteroatoms. The van der Waals surface area contributed by atoms with Gasteiger partial charge >= 0.3 is 0 Å². The summed E-state index contributed by atoms with van der Waals surface area (Å²) in [7, 11) is 0. The van der Waals surface area contributed by atoms with Crippen LogP contribution in [0.25, 0.3) is 0 Å². The van der Waals surface area contributed by atoms with Gasteiger partial charge in [-0.05, 0) is 44.9 Å². The van der Waals surface area contributed by atoms with E-state index in [0.29, 0.717) is 11.3 Å². The van der Waals surface area contributed by atoms with Crippen LogP contribution in [0.5, 0.6) is 0 Å². The molecular weight excluding hydrogens is 200 g/mol. The SMILES string of the molecule is CC1=CCC(CCOC(C)C(C)O)C1(C)C. The summed E-state index contributed by atoms with van der Waals surface area (Å²) in [6.45, 7) is 11.3. The first-order chi connectivity index (χ1) is 7.35. The van der Waals surface area contributed by atoms with Crippen molar-refractivity contribution in [3.8, 4) is 0 Å². The summed E-state index contributed by atoms with van der Waals surface area (Å²) in [4.78, 5) is 0. The lowest BCUT2D eigenvalue weighted by Gasteiger charge is -2.30. The van der Waals surface area contributed by atoms with Gasteiger partial charge in [-0.1, -0.05) is 25.5 Å². The van der Waals surface area contributed by atoms with E-state index in [4.69, 9.17) is 4.74 Å². The Kier molecular flexibility index (Phi) is 4.57. The molecule has 0 heterocycles. The first kappa shape index (κ1) is 13.7. The smallest absolute Gasteiger partial charge is 0.0803 e. The molecule has 0 bridgehead atoms. The molecule has 0 fully saturated rings. The molecule has 0 radical (unpaired) electrons. The van der Waals surface area contributed by atoms with E-state index >= 15 is 0 Å². The van der Waals surface area contributed by atoms with Gasteiger partial charge in [0.05, 0.1) is 12.2 Å². The molecule has 16 heavy (non-hydrogen) atoms. The first-order valence-electron chi connectivity index (χ1n) is 6.32. The number of aliphatic hydroxyl groups excluding tert-OH is 1. The van der Waals surface area contributed by atoms with Gasteiger partial charge < -0.3 is 9.84 Å². The van der Waals surface area contributed by atoms with Crippen LogP contribution in [0.2, 0.25) is 0 Å². The Morgan fingerprint density at radius 2 is 2.12 bits per heavy atom. The predicted octanol–water partition coefficient (Wildman–Crippen LogP) is 3.15. The van der Waals surface area contributed by atoms with Gasteiger partial charge in [0.15, 0.2) is 0 Å². The molecule has 3 atom stereocenters. The molecule has 0 aromatic carbocycles. The van der Waals surface area contributed by atoms with Crippen molar-refractivity contribution in [2.75, 3.05) is 6.61 Å². The number of hydrogen-bond acceptors (Lipinski definition) is 2. The minimum Gasteiger partial charge on any atom is -0.391 e. The highest BCUT2D eigenvalue weighted by Crippen LogP contribution is 2.44. The van der Waals surface area contributed by atoms with E-state index < -0.39 is 0 Å². The van der Waals surface area contributed by atoms with Crippen LogP contribution in [0.4, 0.5) is 0 Å². The Hall–Kier alpha value is -0.340. The topological polar surface area (TPSA) is 29.5 Å². The van der Waals surface area contributed by atoms with Crippen LogP contribution in [0.1, 0.15) is 47.5 Å². The van der Waals surface area contributed by atoms with E-state index in [1.165, 1.54) is 12.0 Å². The summed E-state index contributed by atoms with van der Waals surface area (Å²) < 4.78 is 5.62. The van der Waals surface area contributed by atoms with E-state index in [-0.39, 0.29) is 12.2 Å². The maximum Gasteiger partial charge on any atom is 0.0803 e. The maximum absolute atomic E-state index is 9.32. The lowest BCUT2D eigenvalue weighted by atomic mass is 9.76. The molecule has 0 amide bonds. The lowest BCUT2D eigenvalue weighted by molar-refractivity contribution is -0.0252. The van der Waals surface area contributed by atoms with Crippen molar-refractivity contribution in [3.63, 3.8) is 0 Å². The van der Waals surface area contributed by atoms with Crippen LogP contribution < -0.4 is 0 Å². The third-order valence-corrected chi connectivity index (χ3v) is 4.27. The molecule has 94 valence electrons. The fourth-order valence-electron chi connectivity index (χ4n) is 2.21. The normalized spacial score (nSPS) is 27.6. The molecule has 0 saturated carbocycles. The minimum absolute atomic E-state index is 0.0569. The van der Waals surface area contributed by atoms with Crippen LogP contribution in [-0.4, -0.2) is 23.9 Å². The highest BCUT2D eigenvalue weighted by molar-refractivity contribution is 5.18. The molecule has 1 aliphatic carbocycles. The third kappa shape index (κ3) is 3.08. The average Bonchev–Trinajstić information content (AvgIpc) is 2.44. The van der Waals surface area contributed by atoms with Crippen molar-refractivity contribution < 1.29 is 9.84 Å². The van der Waals surface area contributed by atoms with Crippen molar-refractivity contribution in [2.24, 2.45) is 11.3 Å². The molecule has 0 saturated heterocycles. The molecule has 0 aliphatic heterocycles. The lowest BCUT2D eigenvalue weighted by Crippen LogP contribution is -2.26. The zero-order valence-corrected chi connectivity index (χ0v) is 11.3. The fourth-order valence-corrected chi connectivity index (χ4v) is 2.21. The van der Waals surface area contributed by atoms with Gasteiger partial charge in [-0.15, -0.1) is 0 Å². The first-order valence-corrected chi connectivity index (χ1v) is 6.32. The van der Waals surface area contributed by atoms with E-state index in [1.54, 1.807) is 6.92 Å². The molecule has 3 unspecified atom stereocenters. The van der Waals surface area contributed by atoms with Crippen LogP contribution in [0, 0.1) is 11.3 Å². The second-order valence-corrected chi connectivity index (χ2v) is 5.65. The summed E-state index contributed by atoms with van der Waals surface area (Å²) in [5, 5.41) is 9.32. The Labute approximate surface area is 99.7 Å². The Bertz CT molecular complexity index is 253. The summed E-state index contributed by atoms with van der Waals surface area (Å²) in [5.74, 6) is 0.689. The molecule has 2 nitrogen and oxygen atoms in total. The second-order valence-electron chi connectivity index (χ2n) is 5.65. The van der Waals surface area contributed by atoms with Crippen LogP contribution in [0.3, 0.4) is 0 Å². The maximum atomic E-state index is 9.32. The number of aliphatic hydroxyl groups is 1. The Balaban J connectivity index is 2.30. The Morgan fingerprint density at radius 3 is 2.56 bits per heavy atom. The van der Waals surface area contributed by atoms with Crippen molar-refractivity contribution in [1.82, 2.24) is 0 Å². The van der Waals surface area contributed by atoms with Crippen molar-refractivity contribution >= 4 is 0 Å². The predicted molar refractivity (Wildman–Crippen MR) is 67.4 cm³/mol. The van der Waals surface area contributed by atoms with Crippen LogP contribution in [-0.2, 0) is 4.74 Å². The zero-order valence-electron chi connectivity index (χ0n) is 11.3. The monoisotopic (exact) mass is 226 g/mol. The molecule has 1 aliphatic rings. The highest BCUT2D eigenvalue weighted by atomic mass is 16.5.